The van der Waals surface area contributed by atoms with Crippen LogP contribution in [-0.2, 0) is 6.42 Å². The zero-order valence-corrected chi connectivity index (χ0v) is 17.7. The van der Waals surface area contributed by atoms with Crippen LogP contribution in [0.25, 0.3) is 0 Å². The minimum atomic E-state index is 1.23. The minimum absolute atomic E-state index is 1.23. The second-order valence-electron chi connectivity index (χ2n) is 7.57. The second kappa shape index (κ2) is 19.2. The van der Waals surface area contributed by atoms with Crippen LogP contribution in [0.3, 0.4) is 0 Å². The molecule has 0 unspecified atom stereocenters. The molecule has 0 aliphatic carbocycles. The van der Waals surface area contributed by atoms with Gasteiger partial charge in [-0.2, -0.15) is 0 Å². The van der Waals surface area contributed by atoms with E-state index in [9.17, 15) is 0 Å². The summed E-state index contributed by atoms with van der Waals surface area (Å²) >= 11 is 0. The Labute approximate surface area is 168 Å². The standard InChI is InChI=1S/C20H37N.C5H5N/c1-2-3-4-5-6-7-8-9-10-11-12-13-14-15-17-20-18-16-19-21-20;1-2-4-6-5-3-1/h16,18-19,21H,2-15,17H2,1H3;1-5H. The zero-order chi connectivity index (χ0) is 19.3. The second-order valence-corrected chi connectivity index (χ2v) is 7.57. The molecule has 27 heavy (non-hydrogen) atoms. The van der Waals surface area contributed by atoms with E-state index in [1.807, 2.05) is 24.4 Å². The lowest BCUT2D eigenvalue weighted by Crippen LogP contribution is -1.86. The van der Waals surface area contributed by atoms with Gasteiger partial charge in [0.05, 0.1) is 0 Å². The first-order valence-electron chi connectivity index (χ1n) is 11.4. The zero-order valence-electron chi connectivity index (χ0n) is 17.7. The van der Waals surface area contributed by atoms with Crippen molar-refractivity contribution in [3.8, 4) is 0 Å². The molecule has 2 heteroatoms. The van der Waals surface area contributed by atoms with Gasteiger partial charge in [-0.05, 0) is 37.1 Å². The summed E-state index contributed by atoms with van der Waals surface area (Å²) in [6.07, 6.45) is 26.9. The Hall–Kier alpha value is -1.57. The molecule has 0 aromatic carbocycles. The van der Waals surface area contributed by atoms with Crippen LogP contribution >= 0.6 is 0 Å². The first kappa shape index (κ1) is 23.5. The molecule has 2 nitrogen and oxygen atoms in total. The fourth-order valence-electron chi connectivity index (χ4n) is 3.35. The molecule has 0 aliphatic heterocycles. The van der Waals surface area contributed by atoms with Crippen molar-refractivity contribution in [3.63, 3.8) is 0 Å². The lowest BCUT2D eigenvalue weighted by molar-refractivity contribution is 0.535. The Balaban J connectivity index is 0.000000511. The number of pyridine rings is 1. The van der Waals surface area contributed by atoms with Crippen molar-refractivity contribution in [1.29, 1.82) is 0 Å². The van der Waals surface area contributed by atoms with Gasteiger partial charge in [0.1, 0.15) is 0 Å². The Bertz CT molecular complexity index is 452. The molecule has 0 atom stereocenters. The summed E-state index contributed by atoms with van der Waals surface area (Å²) in [5.41, 5.74) is 1.40. The number of aryl methyl sites for hydroxylation is 1. The Morgan fingerprint density at radius 2 is 1.15 bits per heavy atom. The molecule has 2 rings (SSSR count). The smallest absolute Gasteiger partial charge is 0.0267 e. The number of nitrogens with zero attached hydrogens (tertiary/aromatic N) is 1. The van der Waals surface area contributed by atoms with Gasteiger partial charge in [-0.15, -0.1) is 0 Å². The molecule has 0 saturated heterocycles. The molecule has 0 bridgehead atoms. The van der Waals surface area contributed by atoms with Crippen LogP contribution in [0, 0.1) is 0 Å². The molecule has 0 spiro atoms. The van der Waals surface area contributed by atoms with Crippen molar-refractivity contribution in [1.82, 2.24) is 9.97 Å². The molecular formula is C25H42N2. The van der Waals surface area contributed by atoms with Gasteiger partial charge in [0, 0.05) is 24.3 Å². The van der Waals surface area contributed by atoms with Crippen molar-refractivity contribution >= 4 is 0 Å². The molecule has 2 aromatic heterocycles. The van der Waals surface area contributed by atoms with E-state index in [-0.39, 0.29) is 0 Å². The fraction of sp³-hybridized carbons (Fsp3) is 0.640. The van der Waals surface area contributed by atoms with E-state index in [1.165, 1.54) is 102 Å². The number of H-pyrrole nitrogens is 1. The SMILES string of the molecule is CCCCCCCCCCCCCCCCc1ccc[nH]1.c1ccncc1. The van der Waals surface area contributed by atoms with Gasteiger partial charge in [0.15, 0.2) is 0 Å². The van der Waals surface area contributed by atoms with Gasteiger partial charge in [0.2, 0.25) is 0 Å². The van der Waals surface area contributed by atoms with E-state index in [0.717, 1.165) is 0 Å². The molecular weight excluding hydrogens is 328 g/mol. The van der Waals surface area contributed by atoms with E-state index in [1.54, 1.807) is 12.4 Å². The van der Waals surface area contributed by atoms with Crippen LogP contribution in [0.15, 0.2) is 48.9 Å². The van der Waals surface area contributed by atoms with Crippen LogP contribution < -0.4 is 0 Å². The third-order valence-corrected chi connectivity index (χ3v) is 5.03. The average molecular weight is 371 g/mol. The number of aromatic amines is 1. The summed E-state index contributed by atoms with van der Waals surface area (Å²) in [6.45, 7) is 2.29. The van der Waals surface area contributed by atoms with Crippen molar-refractivity contribution in [2.75, 3.05) is 0 Å². The highest BCUT2D eigenvalue weighted by molar-refractivity contribution is 5.03. The van der Waals surface area contributed by atoms with Gasteiger partial charge in [0.25, 0.3) is 0 Å². The van der Waals surface area contributed by atoms with E-state index < -0.39 is 0 Å². The molecule has 1 N–H and O–H groups in total. The number of nitrogens with one attached hydrogen (secondary N) is 1. The van der Waals surface area contributed by atoms with Gasteiger partial charge in [-0.1, -0.05) is 96.5 Å². The predicted octanol–water partition coefficient (Wildman–Crippen LogP) is 8.12. The third kappa shape index (κ3) is 16.3. The fourth-order valence-corrected chi connectivity index (χ4v) is 3.35. The number of aromatic nitrogens is 2. The molecule has 2 aromatic rings. The van der Waals surface area contributed by atoms with E-state index in [4.69, 9.17) is 0 Å². The first-order chi connectivity index (χ1) is 13.4. The monoisotopic (exact) mass is 370 g/mol. The van der Waals surface area contributed by atoms with Gasteiger partial charge >= 0.3 is 0 Å². The van der Waals surface area contributed by atoms with Crippen molar-refractivity contribution < 1.29 is 0 Å². The van der Waals surface area contributed by atoms with Crippen LogP contribution in [0.5, 0.6) is 0 Å². The normalized spacial score (nSPS) is 10.4. The highest BCUT2D eigenvalue weighted by Crippen LogP contribution is 2.13. The maximum absolute atomic E-state index is 3.78. The van der Waals surface area contributed by atoms with Crippen molar-refractivity contribution in [2.45, 2.75) is 103 Å². The summed E-state index contributed by atoms with van der Waals surface area (Å²) in [7, 11) is 0. The molecule has 152 valence electrons. The molecule has 2 heterocycles. The van der Waals surface area contributed by atoms with Crippen LogP contribution in [0.2, 0.25) is 0 Å². The molecule has 0 saturated carbocycles. The van der Waals surface area contributed by atoms with Gasteiger partial charge < -0.3 is 4.98 Å². The topological polar surface area (TPSA) is 28.7 Å². The number of rotatable bonds is 15. The average Bonchev–Trinajstić information content (AvgIpc) is 3.24. The number of hydrogen-bond donors (Lipinski definition) is 1. The summed E-state index contributed by atoms with van der Waals surface area (Å²) in [5.74, 6) is 0. The summed E-state index contributed by atoms with van der Waals surface area (Å²) in [4.78, 5) is 7.07. The van der Waals surface area contributed by atoms with Crippen molar-refractivity contribution in [2.24, 2.45) is 0 Å². The maximum atomic E-state index is 3.78. The largest absolute Gasteiger partial charge is 0.365 e. The summed E-state index contributed by atoms with van der Waals surface area (Å²) in [5, 5.41) is 0. The quantitative estimate of drug-likeness (QED) is 0.315. The van der Waals surface area contributed by atoms with Crippen molar-refractivity contribution in [3.05, 3.63) is 54.6 Å². The van der Waals surface area contributed by atoms with E-state index in [0.29, 0.717) is 0 Å². The molecule has 0 aliphatic rings. The van der Waals surface area contributed by atoms with E-state index in [2.05, 4.69) is 29.0 Å². The Kier molecular flexibility index (Phi) is 16.7. The van der Waals surface area contributed by atoms with E-state index >= 15 is 0 Å². The Morgan fingerprint density at radius 3 is 1.52 bits per heavy atom. The van der Waals surface area contributed by atoms with Crippen LogP contribution in [0.1, 0.15) is 103 Å². The number of unbranched alkanes of at least 4 members (excludes halogenated alkanes) is 13. The molecule has 0 amide bonds. The minimum Gasteiger partial charge on any atom is -0.365 e. The maximum Gasteiger partial charge on any atom is 0.0267 e. The summed E-state index contributed by atoms with van der Waals surface area (Å²) < 4.78 is 0. The van der Waals surface area contributed by atoms with Crippen LogP contribution in [0.4, 0.5) is 0 Å². The Morgan fingerprint density at radius 1 is 0.630 bits per heavy atom. The highest BCUT2D eigenvalue weighted by atomic mass is 14.7. The number of hydrogen-bond acceptors (Lipinski definition) is 1. The summed E-state index contributed by atoms with van der Waals surface area (Å²) in [6, 6.07) is 10.0. The third-order valence-electron chi connectivity index (χ3n) is 5.03. The lowest BCUT2D eigenvalue weighted by atomic mass is 10.0. The highest BCUT2D eigenvalue weighted by Gasteiger charge is 1.95. The molecule has 0 fully saturated rings. The van der Waals surface area contributed by atoms with Gasteiger partial charge in [-0.25, -0.2) is 0 Å². The predicted molar refractivity (Wildman–Crippen MR) is 119 cm³/mol. The van der Waals surface area contributed by atoms with Gasteiger partial charge in [-0.3, -0.25) is 4.98 Å². The van der Waals surface area contributed by atoms with Crippen LogP contribution in [-0.4, -0.2) is 9.97 Å². The first-order valence-corrected chi connectivity index (χ1v) is 11.4. The molecule has 0 radical (unpaired) electrons. The lowest BCUT2D eigenvalue weighted by Gasteiger charge is -2.03.